The van der Waals surface area contributed by atoms with E-state index in [1.165, 1.54) is 32.0 Å². The lowest BCUT2D eigenvalue weighted by atomic mass is 10.1. The molecule has 0 amide bonds. The molecule has 1 unspecified atom stereocenters. The van der Waals surface area contributed by atoms with Crippen molar-refractivity contribution in [2.75, 3.05) is 7.05 Å². The van der Waals surface area contributed by atoms with E-state index in [-0.39, 0.29) is 6.10 Å². The summed E-state index contributed by atoms with van der Waals surface area (Å²) in [5, 5.41) is 3.10. The summed E-state index contributed by atoms with van der Waals surface area (Å²) in [6.45, 7) is 5.07. The molecule has 1 N–H and O–H groups in total. The van der Waals surface area contributed by atoms with Gasteiger partial charge in [-0.15, -0.1) is 0 Å². The van der Waals surface area contributed by atoms with Crippen LogP contribution in [0.4, 0.5) is 0 Å². The molecule has 0 spiro atoms. The summed E-state index contributed by atoms with van der Waals surface area (Å²) in [5.74, 6) is 0.711. The maximum atomic E-state index is 5.89. The van der Waals surface area contributed by atoms with Crippen LogP contribution in [0.25, 0.3) is 0 Å². The average Bonchev–Trinajstić information content (AvgIpc) is 2.37. The van der Waals surface area contributed by atoms with E-state index in [0.29, 0.717) is 5.88 Å². The van der Waals surface area contributed by atoms with Gasteiger partial charge in [0.2, 0.25) is 5.88 Å². The normalized spacial score (nSPS) is 12.4. The van der Waals surface area contributed by atoms with Gasteiger partial charge in [0.05, 0.1) is 6.10 Å². The van der Waals surface area contributed by atoms with Crippen molar-refractivity contribution in [3.8, 4) is 5.88 Å². The number of rotatable bonds is 9. The lowest BCUT2D eigenvalue weighted by Gasteiger charge is -2.15. The highest BCUT2D eigenvalue weighted by Crippen LogP contribution is 2.16. The van der Waals surface area contributed by atoms with E-state index in [2.05, 4.69) is 29.1 Å². The fraction of sp³-hybridized carbons (Fsp3) is 0.714. The molecular weight excluding hydrogens is 226 g/mol. The van der Waals surface area contributed by atoms with E-state index in [4.69, 9.17) is 4.74 Å². The van der Waals surface area contributed by atoms with E-state index >= 15 is 0 Å². The molecule has 4 heteroatoms. The van der Waals surface area contributed by atoms with Crippen molar-refractivity contribution in [1.82, 2.24) is 15.3 Å². The maximum absolute atomic E-state index is 5.89. The van der Waals surface area contributed by atoms with Gasteiger partial charge in [0.25, 0.3) is 0 Å². The standard InChI is InChI=1S/C14H25N3O/c1-4-5-6-7-8-12(2)18-14-13(9-15-3)10-16-11-17-14/h10-12,15H,4-9H2,1-3H3. The lowest BCUT2D eigenvalue weighted by Crippen LogP contribution is -2.16. The minimum atomic E-state index is 0.215. The molecule has 0 aliphatic carbocycles. The molecule has 1 aromatic heterocycles. The molecule has 0 saturated heterocycles. The van der Waals surface area contributed by atoms with Gasteiger partial charge >= 0.3 is 0 Å². The molecule has 18 heavy (non-hydrogen) atoms. The minimum absolute atomic E-state index is 0.215. The fourth-order valence-electron chi connectivity index (χ4n) is 1.87. The molecular formula is C14H25N3O. The summed E-state index contributed by atoms with van der Waals surface area (Å²) in [6, 6.07) is 0. The number of aromatic nitrogens is 2. The Bertz CT molecular complexity index is 331. The number of nitrogens with one attached hydrogen (secondary N) is 1. The maximum Gasteiger partial charge on any atom is 0.221 e. The zero-order valence-electron chi connectivity index (χ0n) is 11.8. The van der Waals surface area contributed by atoms with Crippen LogP contribution in [0.5, 0.6) is 5.88 Å². The van der Waals surface area contributed by atoms with Gasteiger partial charge in [0.15, 0.2) is 0 Å². The van der Waals surface area contributed by atoms with Crippen LogP contribution < -0.4 is 10.1 Å². The Labute approximate surface area is 110 Å². The molecule has 0 bridgehead atoms. The van der Waals surface area contributed by atoms with E-state index in [1.54, 1.807) is 0 Å². The van der Waals surface area contributed by atoms with Crippen molar-refractivity contribution in [3.63, 3.8) is 0 Å². The van der Waals surface area contributed by atoms with E-state index in [0.717, 1.165) is 18.5 Å². The van der Waals surface area contributed by atoms with Gasteiger partial charge in [0, 0.05) is 18.3 Å². The molecule has 1 atom stereocenters. The Morgan fingerprint density at radius 1 is 1.33 bits per heavy atom. The fourth-order valence-corrected chi connectivity index (χ4v) is 1.87. The van der Waals surface area contributed by atoms with Crippen LogP contribution in [0.2, 0.25) is 0 Å². The Morgan fingerprint density at radius 2 is 2.17 bits per heavy atom. The molecule has 102 valence electrons. The Hall–Kier alpha value is -1.16. The highest BCUT2D eigenvalue weighted by Gasteiger charge is 2.09. The Balaban J connectivity index is 2.40. The Kier molecular flexibility index (Phi) is 7.34. The van der Waals surface area contributed by atoms with Crippen LogP contribution in [0.3, 0.4) is 0 Å². The number of hydrogen-bond donors (Lipinski definition) is 1. The quantitative estimate of drug-likeness (QED) is 0.685. The first-order valence-electron chi connectivity index (χ1n) is 6.88. The first-order valence-corrected chi connectivity index (χ1v) is 6.88. The summed E-state index contributed by atoms with van der Waals surface area (Å²) < 4.78 is 5.89. The zero-order chi connectivity index (χ0) is 13.2. The van der Waals surface area contributed by atoms with Gasteiger partial charge < -0.3 is 10.1 Å². The van der Waals surface area contributed by atoms with Gasteiger partial charge in [-0.05, 0) is 26.8 Å². The summed E-state index contributed by atoms with van der Waals surface area (Å²) >= 11 is 0. The van der Waals surface area contributed by atoms with Gasteiger partial charge in [0.1, 0.15) is 6.33 Å². The number of nitrogens with zero attached hydrogens (tertiary/aromatic N) is 2. The molecule has 0 aliphatic rings. The van der Waals surface area contributed by atoms with Crippen molar-refractivity contribution < 1.29 is 4.74 Å². The SMILES string of the molecule is CCCCCCC(C)Oc1ncncc1CNC. The zero-order valence-corrected chi connectivity index (χ0v) is 11.8. The van der Waals surface area contributed by atoms with Gasteiger partial charge in [-0.2, -0.15) is 0 Å². The molecule has 0 fully saturated rings. The Morgan fingerprint density at radius 3 is 2.89 bits per heavy atom. The average molecular weight is 251 g/mol. The largest absolute Gasteiger partial charge is 0.474 e. The smallest absolute Gasteiger partial charge is 0.221 e. The van der Waals surface area contributed by atoms with Gasteiger partial charge in [-0.25, -0.2) is 9.97 Å². The van der Waals surface area contributed by atoms with Crippen LogP contribution >= 0.6 is 0 Å². The van der Waals surface area contributed by atoms with Crippen molar-refractivity contribution in [2.45, 2.75) is 58.6 Å². The first-order chi connectivity index (χ1) is 8.77. The van der Waals surface area contributed by atoms with Gasteiger partial charge in [-0.1, -0.05) is 26.2 Å². The summed E-state index contributed by atoms with van der Waals surface area (Å²) in [4.78, 5) is 8.23. The van der Waals surface area contributed by atoms with E-state index < -0.39 is 0 Å². The lowest BCUT2D eigenvalue weighted by molar-refractivity contribution is 0.195. The predicted octanol–water partition coefficient (Wildman–Crippen LogP) is 2.93. The van der Waals surface area contributed by atoms with Crippen molar-refractivity contribution in [3.05, 3.63) is 18.1 Å². The summed E-state index contributed by atoms with van der Waals surface area (Å²) in [5.41, 5.74) is 1.01. The van der Waals surface area contributed by atoms with Crippen LogP contribution in [-0.2, 0) is 6.54 Å². The van der Waals surface area contributed by atoms with Crippen molar-refractivity contribution >= 4 is 0 Å². The van der Waals surface area contributed by atoms with E-state index in [9.17, 15) is 0 Å². The molecule has 0 aromatic carbocycles. The third-order valence-corrected chi connectivity index (χ3v) is 2.89. The third kappa shape index (κ3) is 5.45. The van der Waals surface area contributed by atoms with E-state index in [1.807, 2.05) is 13.2 Å². The number of hydrogen-bond acceptors (Lipinski definition) is 4. The molecule has 1 rings (SSSR count). The summed E-state index contributed by atoms with van der Waals surface area (Å²) in [7, 11) is 1.91. The van der Waals surface area contributed by atoms with Crippen LogP contribution in [0.1, 0.15) is 51.5 Å². The van der Waals surface area contributed by atoms with Crippen molar-refractivity contribution in [2.24, 2.45) is 0 Å². The molecule has 4 nitrogen and oxygen atoms in total. The molecule has 0 aliphatic heterocycles. The van der Waals surface area contributed by atoms with Crippen LogP contribution in [-0.4, -0.2) is 23.1 Å². The summed E-state index contributed by atoms with van der Waals surface area (Å²) in [6.07, 6.45) is 9.74. The number of unbranched alkanes of at least 4 members (excludes halogenated alkanes) is 3. The highest BCUT2D eigenvalue weighted by molar-refractivity contribution is 5.22. The number of ether oxygens (including phenoxy) is 1. The van der Waals surface area contributed by atoms with Gasteiger partial charge in [-0.3, -0.25) is 0 Å². The minimum Gasteiger partial charge on any atom is -0.474 e. The molecule has 1 heterocycles. The monoisotopic (exact) mass is 251 g/mol. The second kappa shape index (κ2) is 8.86. The van der Waals surface area contributed by atoms with Crippen LogP contribution in [0, 0.1) is 0 Å². The molecule has 0 radical (unpaired) electrons. The van der Waals surface area contributed by atoms with Crippen molar-refractivity contribution in [1.29, 1.82) is 0 Å². The molecule has 0 saturated carbocycles. The first kappa shape index (κ1) is 14.9. The molecule has 1 aromatic rings. The highest BCUT2D eigenvalue weighted by atomic mass is 16.5. The second-order valence-electron chi connectivity index (χ2n) is 4.66. The predicted molar refractivity (Wildman–Crippen MR) is 73.6 cm³/mol. The van der Waals surface area contributed by atoms with Crippen LogP contribution in [0.15, 0.2) is 12.5 Å². The topological polar surface area (TPSA) is 47.0 Å². The third-order valence-electron chi connectivity index (χ3n) is 2.89. The second-order valence-corrected chi connectivity index (χ2v) is 4.66.